The van der Waals surface area contributed by atoms with Crippen LogP contribution in [0, 0.1) is 0 Å². The molecule has 134 valence electrons. The molecule has 7 nitrogen and oxygen atoms in total. The van der Waals surface area contributed by atoms with E-state index in [-0.39, 0.29) is 36.0 Å². The topological polar surface area (TPSA) is 75.0 Å². The van der Waals surface area contributed by atoms with Gasteiger partial charge in [0.1, 0.15) is 11.3 Å². The largest absolute Gasteiger partial charge is 0.462 e. The van der Waals surface area contributed by atoms with Gasteiger partial charge in [-0.15, -0.1) is 0 Å². The summed E-state index contributed by atoms with van der Waals surface area (Å²) >= 11 is 0. The van der Waals surface area contributed by atoms with Gasteiger partial charge in [-0.1, -0.05) is 0 Å². The Kier molecular flexibility index (Phi) is 3.90. The van der Waals surface area contributed by atoms with Crippen LogP contribution in [0.4, 0.5) is 8.78 Å². The summed E-state index contributed by atoms with van der Waals surface area (Å²) in [6.07, 6.45) is -1.63. The van der Waals surface area contributed by atoms with Crippen LogP contribution in [0.2, 0.25) is 0 Å². The molecule has 0 saturated heterocycles. The minimum Gasteiger partial charge on any atom is -0.462 e. The van der Waals surface area contributed by atoms with Crippen LogP contribution in [0.25, 0.3) is 16.9 Å². The fraction of sp³-hybridized carbons (Fsp3) is 0.235. The van der Waals surface area contributed by atoms with Crippen LogP contribution in [-0.4, -0.2) is 34.0 Å². The molecule has 0 aliphatic carbocycles. The number of rotatable bonds is 4. The zero-order chi connectivity index (χ0) is 18.3. The predicted octanol–water partition coefficient (Wildman–Crippen LogP) is 3.24. The fourth-order valence-corrected chi connectivity index (χ4v) is 2.70. The highest BCUT2D eigenvalue weighted by atomic mass is 19.3. The van der Waals surface area contributed by atoms with E-state index in [9.17, 15) is 13.6 Å². The summed E-state index contributed by atoms with van der Waals surface area (Å²) in [6, 6.07) is 6.24. The zero-order valence-electron chi connectivity index (χ0n) is 13.6. The molecular formula is C17H13F2N3O4. The first-order valence-electron chi connectivity index (χ1n) is 7.82. The standard InChI is InChI=1S/C17H13F2N3O4/c1-2-24-17(23)10-7-20-22-12(15(18)19)6-11(21-16(10)22)9-3-4-13-14(5-9)26-8-25-13/h3-7,15H,2,8H2,1H3. The number of alkyl halides is 2. The lowest BCUT2D eigenvalue weighted by Gasteiger charge is -2.09. The van der Waals surface area contributed by atoms with E-state index < -0.39 is 12.4 Å². The number of benzene rings is 1. The van der Waals surface area contributed by atoms with Crippen molar-refractivity contribution in [3.05, 3.63) is 41.7 Å². The Morgan fingerprint density at radius 3 is 2.88 bits per heavy atom. The van der Waals surface area contributed by atoms with Crippen LogP contribution in [-0.2, 0) is 4.74 Å². The first-order valence-corrected chi connectivity index (χ1v) is 7.82. The third-order valence-electron chi connectivity index (χ3n) is 3.89. The highest BCUT2D eigenvalue weighted by Gasteiger charge is 2.23. The maximum atomic E-state index is 13.5. The number of aromatic nitrogens is 3. The molecule has 0 fully saturated rings. The van der Waals surface area contributed by atoms with Crippen LogP contribution in [0.15, 0.2) is 30.5 Å². The van der Waals surface area contributed by atoms with E-state index in [2.05, 4.69) is 10.1 Å². The SMILES string of the molecule is CCOC(=O)c1cnn2c(C(F)F)cc(-c3ccc4c(c3)OCO4)nc12. The maximum Gasteiger partial charge on any atom is 0.343 e. The number of ether oxygens (including phenoxy) is 3. The number of esters is 1. The highest BCUT2D eigenvalue weighted by Crippen LogP contribution is 2.36. The Morgan fingerprint density at radius 1 is 1.31 bits per heavy atom. The number of nitrogens with zero attached hydrogens (tertiary/aromatic N) is 3. The molecule has 0 amide bonds. The third kappa shape index (κ3) is 2.61. The van der Waals surface area contributed by atoms with E-state index in [1.165, 1.54) is 12.3 Å². The Morgan fingerprint density at radius 2 is 2.12 bits per heavy atom. The third-order valence-corrected chi connectivity index (χ3v) is 3.89. The van der Waals surface area contributed by atoms with Gasteiger partial charge in [0.15, 0.2) is 17.1 Å². The molecule has 0 unspecified atom stereocenters. The average Bonchev–Trinajstić information content (AvgIpc) is 3.26. The summed E-state index contributed by atoms with van der Waals surface area (Å²) in [6.45, 7) is 1.91. The quantitative estimate of drug-likeness (QED) is 0.664. The molecule has 2 aromatic heterocycles. The molecule has 0 N–H and O–H groups in total. The summed E-state index contributed by atoms with van der Waals surface area (Å²) in [7, 11) is 0. The predicted molar refractivity (Wildman–Crippen MR) is 85.5 cm³/mol. The van der Waals surface area contributed by atoms with Gasteiger partial charge >= 0.3 is 5.97 Å². The molecule has 4 rings (SSSR count). The molecular weight excluding hydrogens is 348 g/mol. The number of hydrogen-bond acceptors (Lipinski definition) is 6. The van der Waals surface area contributed by atoms with Gasteiger partial charge in [0.25, 0.3) is 6.43 Å². The highest BCUT2D eigenvalue weighted by molar-refractivity contribution is 5.96. The summed E-state index contributed by atoms with van der Waals surface area (Å²) in [4.78, 5) is 16.4. The average molecular weight is 361 g/mol. The van der Waals surface area contributed by atoms with Crippen LogP contribution >= 0.6 is 0 Å². The molecule has 3 aromatic rings. The molecule has 0 radical (unpaired) electrons. The van der Waals surface area contributed by atoms with Crippen molar-refractivity contribution in [3.8, 4) is 22.8 Å². The number of halogens is 2. The van der Waals surface area contributed by atoms with Crippen LogP contribution in [0.1, 0.15) is 29.4 Å². The van der Waals surface area contributed by atoms with E-state index in [0.717, 1.165) is 4.52 Å². The van der Waals surface area contributed by atoms with Crippen molar-refractivity contribution in [1.82, 2.24) is 14.6 Å². The molecule has 0 bridgehead atoms. The second-order valence-electron chi connectivity index (χ2n) is 5.45. The van der Waals surface area contributed by atoms with Gasteiger partial charge < -0.3 is 14.2 Å². The lowest BCUT2D eigenvalue weighted by Crippen LogP contribution is -2.07. The molecule has 1 aliphatic rings. The smallest absolute Gasteiger partial charge is 0.343 e. The van der Waals surface area contributed by atoms with Gasteiger partial charge in [-0.3, -0.25) is 0 Å². The van der Waals surface area contributed by atoms with Crippen molar-refractivity contribution in [2.24, 2.45) is 0 Å². The van der Waals surface area contributed by atoms with Gasteiger partial charge in [-0.05, 0) is 31.2 Å². The van der Waals surface area contributed by atoms with Crippen molar-refractivity contribution < 1.29 is 27.8 Å². The van der Waals surface area contributed by atoms with Crippen molar-refractivity contribution in [1.29, 1.82) is 0 Å². The maximum absolute atomic E-state index is 13.5. The van der Waals surface area contributed by atoms with Gasteiger partial charge in [0, 0.05) is 5.56 Å². The molecule has 9 heteroatoms. The molecule has 26 heavy (non-hydrogen) atoms. The van der Waals surface area contributed by atoms with Gasteiger partial charge in [-0.2, -0.15) is 5.10 Å². The molecule has 0 saturated carbocycles. The molecule has 3 heterocycles. The number of carbonyl (C=O) groups is 1. The minimum atomic E-state index is -2.80. The molecule has 1 aromatic carbocycles. The Labute approximate surface area is 146 Å². The van der Waals surface area contributed by atoms with Crippen LogP contribution in [0.5, 0.6) is 11.5 Å². The van der Waals surface area contributed by atoms with E-state index in [1.54, 1.807) is 25.1 Å². The summed E-state index contributed by atoms with van der Waals surface area (Å²) in [5, 5.41) is 3.86. The second kappa shape index (κ2) is 6.25. The van der Waals surface area contributed by atoms with Crippen molar-refractivity contribution in [2.45, 2.75) is 13.3 Å². The van der Waals surface area contributed by atoms with Crippen LogP contribution in [0.3, 0.4) is 0 Å². The lowest BCUT2D eigenvalue weighted by molar-refractivity contribution is 0.0528. The molecule has 0 atom stereocenters. The van der Waals surface area contributed by atoms with Gasteiger partial charge in [0.05, 0.1) is 18.5 Å². The summed E-state index contributed by atoms with van der Waals surface area (Å²) in [5.41, 5.74) is 0.468. The van der Waals surface area contributed by atoms with E-state index in [1.807, 2.05) is 0 Å². The summed E-state index contributed by atoms with van der Waals surface area (Å²) < 4.78 is 43.5. The second-order valence-corrected chi connectivity index (χ2v) is 5.45. The zero-order valence-corrected chi connectivity index (χ0v) is 13.6. The van der Waals surface area contributed by atoms with E-state index in [0.29, 0.717) is 17.1 Å². The first-order chi connectivity index (χ1) is 12.6. The molecule has 0 spiro atoms. The van der Waals surface area contributed by atoms with E-state index >= 15 is 0 Å². The Balaban J connectivity index is 1.89. The number of carbonyl (C=O) groups excluding carboxylic acids is 1. The van der Waals surface area contributed by atoms with Crippen molar-refractivity contribution in [2.75, 3.05) is 13.4 Å². The van der Waals surface area contributed by atoms with Gasteiger partial charge in [0.2, 0.25) is 6.79 Å². The Hall–Kier alpha value is -3.23. The normalized spacial score (nSPS) is 12.8. The van der Waals surface area contributed by atoms with Crippen molar-refractivity contribution in [3.63, 3.8) is 0 Å². The van der Waals surface area contributed by atoms with Crippen molar-refractivity contribution >= 4 is 11.6 Å². The van der Waals surface area contributed by atoms with E-state index in [4.69, 9.17) is 14.2 Å². The summed E-state index contributed by atoms with van der Waals surface area (Å²) in [5.74, 6) is 0.403. The lowest BCUT2D eigenvalue weighted by atomic mass is 10.1. The number of fused-ring (bicyclic) bond motifs is 2. The first kappa shape index (κ1) is 16.2. The molecule has 1 aliphatic heterocycles. The van der Waals surface area contributed by atoms with Gasteiger partial charge in [-0.25, -0.2) is 23.1 Å². The van der Waals surface area contributed by atoms with Crippen LogP contribution < -0.4 is 9.47 Å². The monoisotopic (exact) mass is 361 g/mol. The number of hydrogen-bond donors (Lipinski definition) is 0. The minimum absolute atomic E-state index is 0.00826. The fourth-order valence-electron chi connectivity index (χ4n) is 2.70. The Bertz CT molecular complexity index is 1000.